The third kappa shape index (κ3) is 4.01. The molecule has 1 rings (SSSR count). The molecule has 0 aliphatic heterocycles. The average molecular weight is 270 g/mol. The lowest BCUT2D eigenvalue weighted by molar-refractivity contribution is 0.0930. The number of aromatic amines is 1. The van der Waals surface area contributed by atoms with Crippen molar-refractivity contribution in [3.05, 3.63) is 11.6 Å². The minimum Gasteiger partial charge on any atom is -0.346 e. The van der Waals surface area contributed by atoms with Gasteiger partial charge in [0.1, 0.15) is 5.82 Å². The molecule has 0 saturated heterocycles. The van der Waals surface area contributed by atoms with Crippen LogP contribution >= 0.6 is 11.8 Å². The molecule has 2 N–H and O–H groups in total. The van der Waals surface area contributed by atoms with Crippen molar-refractivity contribution >= 4 is 17.7 Å². The molecule has 6 heteroatoms. The van der Waals surface area contributed by atoms with E-state index in [4.69, 9.17) is 0 Å². The highest BCUT2D eigenvalue weighted by molar-refractivity contribution is 7.98. The molecular formula is C12H22N4OS. The van der Waals surface area contributed by atoms with Crippen LogP contribution in [0.1, 0.15) is 50.6 Å². The molecule has 0 aliphatic rings. The quantitative estimate of drug-likeness (QED) is 0.858. The lowest BCUT2D eigenvalue weighted by atomic mass is 9.96. The summed E-state index contributed by atoms with van der Waals surface area (Å²) < 4.78 is 0. The summed E-state index contributed by atoms with van der Waals surface area (Å²) in [4.78, 5) is 16.2. The van der Waals surface area contributed by atoms with Gasteiger partial charge in [-0.15, -0.1) is 5.10 Å². The normalized spacial score (nSPS) is 13.4. The maximum Gasteiger partial charge on any atom is 0.291 e. The zero-order valence-corrected chi connectivity index (χ0v) is 12.5. The van der Waals surface area contributed by atoms with Gasteiger partial charge in [0, 0.05) is 17.2 Å². The monoisotopic (exact) mass is 270 g/mol. The first-order chi connectivity index (χ1) is 8.38. The van der Waals surface area contributed by atoms with Gasteiger partial charge in [0.25, 0.3) is 5.91 Å². The second-order valence-electron chi connectivity index (χ2n) is 5.29. The predicted octanol–water partition coefficient (Wildman–Crippen LogP) is 1.97. The molecule has 1 amide bonds. The van der Waals surface area contributed by atoms with Crippen LogP contribution in [0.25, 0.3) is 0 Å². The van der Waals surface area contributed by atoms with Gasteiger partial charge in [0.2, 0.25) is 5.82 Å². The fraction of sp³-hybridized carbons (Fsp3) is 0.750. The smallest absolute Gasteiger partial charge is 0.291 e. The summed E-state index contributed by atoms with van der Waals surface area (Å²) in [7, 11) is 0. The molecule has 0 aliphatic carbocycles. The van der Waals surface area contributed by atoms with Gasteiger partial charge in [-0.25, -0.2) is 4.98 Å². The van der Waals surface area contributed by atoms with E-state index >= 15 is 0 Å². The molecule has 102 valence electrons. The van der Waals surface area contributed by atoms with E-state index in [-0.39, 0.29) is 23.2 Å². The zero-order chi connectivity index (χ0) is 13.8. The molecule has 1 atom stereocenters. The number of nitrogens with zero attached hydrogens (tertiary/aromatic N) is 2. The van der Waals surface area contributed by atoms with Crippen LogP contribution in [0.4, 0.5) is 0 Å². The second-order valence-corrected chi connectivity index (χ2v) is 6.20. The van der Waals surface area contributed by atoms with Gasteiger partial charge in [-0.2, -0.15) is 11.8 Å². The van der Waals surface area contributed by atoms with Crippen LogP contribution in [-0.2, 0) is 5.41 Å². The van der Waals surface area contributed by atoms with Crippen LogP contribution in [-0.4, -0.2) is 39.1 Å². The molecule has 0 saturated carbocycles. The Morgan fingerprint density at radius 1 is 1.50 bits per heavy atom. The molecular weight excluding hydrogens is 248 g/mol. The number of aromatic nitrogens is 3. The minimum atomic E-state index is -0.206. The van der Waals surface area contributed by atoms with Crippen molar-refractivity contribution in [3.63, 3.8) is 0 Å². The number of hydrogen-bond donors (Lipinski definition) is 2. The van der Waals surface area contributed by atoms with Gasteiger partial charge >= 0.3 is 0 Å². The Bertz CT molecular complexity index is 397. The Kier molecular flexibility index (Phi) is 5.19. The molecule has 1 unspecified atom stereocenters. The fourth-order valence-corrected chi connectivity index (χ4v) is 2.13. The summed E-state index contributed by atoms with van der Waals surface area (Å²) in [5.41, 5.74) is -0.130. The number of nitrogens with one attached hydrogen (secondary N) is 2. The minimum absolute atomic E-state index is 0.130. The van der Waals surface area contributed by atoms with Gasteiger partial charge in [-0.05, 0) is 12.7 Å². The Labute approximate surface area is 113 Å². The van der Waals surface area contributed by atoms with Gasteiger partial charge in [0.05, 0.1) is 0 Å². The van der Waals surface area contributed by atoms with E-state index in [1.54, 1.807) is 11.8 Å². The first kappa shape index (κ1) is 15.0. The van der Waals surface area contributed by atoms with Crippen molar-refractivity contribution in [1.29, 1.82) is 0 Å². The first-order valence-electron chi connectivity index (χ1n) is 6.11. The number of H-pyrrole nitrogens is 1. The van der Waals surface area contributed by atoms with Crippen LogP contribution in [0.15, 0.2) is 0 Å². The molecule has 1 aromatic rings. The standard InChI is InChI=1S/C12H22N4OS/c1-6-8(7-18-5)13-10(17)9-14-11(16-15-9)12(2,3)4/h8H,6-7H2,1-5H3,(H,13,17)(H,14,15,16). The third-order valence-corrected chi connectivity index (χ3v) is 3.33. The second kappa shape index (κ2) is 6.22. The molecule has 0 radical (unpaired) electrons. The van der Waals surface area contributed by atoms with E-state index < -0.39 is 0 Å². The van der Waals surface area contributed by atoms with Crippen molar-refractivity contribution in [1.82, 2.24) is 20.5 Å². The van der Waals surface area contributed by atoms with Gasteiger partial charge in [-0.3, -0.25) is 9.89 Å². The topological polar surface area (TPSA) is 70.7 Å². The number of carbonyl (C=O) groups excluding carboxylic acids is 1. The summed E-state index contributed by atoms with van der Waals surface area (Å²) in [6, 6.07) is 0.170. The maximum atomic E-state index is 12.0. The molecule has 0 fully saturated rings. The highest BCUT2D eigenvalue weighted by Gasteiger charge is 2.22. The van der Waals surface area contributed by atoms with Crippen LogP contribution < -0.4 is 5.32 Å². The van der Waals surface area contributed by atoms with Crippen LogP contribution in [0.3, 0.4) is 0 Å². The number of hydrogen-bond acceptors (Lipinski definition) is 4. The lowest BCUT2D eigenvalue weighted by Gasteiger charge is -2.14. The molecule has 5 nitrogen and oxygen atoms in total. The Hall–Kier alpha value is -1.04. The number of carbonyl (C=O) groups is 1. The Balaban J connectivity index is 2.70. The molecule has 1 aromatic heterocycles. The summed E-state index contributed by atoms with van der Waals surface area (Å²) in [6.07, 6.45) is 2.93. The van der Waals surface area contributed by atoms with Crippen molar-refractivity contribution in [3.8, 4) is 0 Å². The predicted molar refractivity (Wildman–Crippen MR) is 75.0 cm³/mol. The molecule has 0 spiro atoms. The summed E-state index contributed by atoms with van der Waals surface area (Å²) in [6.45, 7) is 8.13. The first-order valence-corrected chi connectivity index (χ1v) is 7.50. The molecule has 0 bridgehead atoms. The maximum absolute atomic E-state index is 12.0. The van der Waals surface area contributed by atoms with E-state index in [1.807, 2.05) is 27.0 Å². The lowest BCUT2D eigenvalue weighted by Crippen LogP contribution is -2.36. The number of amides is 1. The van der Waals surface area contributed by atoms with E-state index in [2.05, 4.69) is 27.4 Å². The van der Waals surface area contributed by atoms with E-state index in [9.17, 15) is 4.79 Å². The van der Waals surface area contributed by atoms with E-state index in [0.29, 0.717) is 0 Å². The van der Waals surface area contributed by atoms with Crippen LogP contribution in [0.5, 0.6) is 0 Å². The van der Waals surface area contributed by atoms with Crippen LogP contribution in [0.2, 0.25) is 0 Å². The van der Waals surface area contributed by atoms with Crippen LogP contribution in [0, 0.1) is 0 Å². The Morgan fingerprint density at radius 2 is 2.17 bits per heavy atom. The Morgan fingerprint density at radius 3 is 2.61 bits per heavy atom. The van der Waals surface area contributed by atoms with E-state index in [1.165, 1.54) is 0 Å². The van der Waals surface area contributed by atoms with Gasteiger partial charge in [-0.1, -0.05) is 27.7 Å². The summed E-state index contributed by atoms with van der Waals surface area (Å²) in [5.74, 6) is 1.64. The average Bonchev–Trinajstić information content (AvgIpc) is 2.77. The van der Waals surface area contributed by atoms with Gasteiger partial charge in [0.15, 0.2) is 0 Å². The summed E-state index contributed by atoms with van der Waals surface area (Å²) >= 11 is 1.72. The molecule has 0 aromatic carbocycles. The number of thioether (sulfide) groups is 1. The fourth-order valence-electron chi connectivity index (χ4n) is 1.41. The number of rotatable bonds is 5. The molecule has 1 heterocycles. The largest absolute Gasteiger partial charge is 0.346 e. The third-order valence-electron chi connectivity index (χ3n) is 2.59. The molecule has 18 heavy (non-hydrogen) atoms. The van der Waals surface area contributed by atoms with Gasteiger partial charge < -0.3 is 5.32 Å². The van der Waals surface area contributed by atoms with Crippen molar-refractivity contribution < 1.29 is 4.79 Å². The zero-order valence-electron chi connectivity index (χ0n) is 11.7. The van der Waals surface area contributed by atoms with Crippen molar-refractivity contribution in [2.75, 3.05) is 12.0 Å². The SMILES string of the molecule is CCC(CSC)NC(=O)c1n[nH]c(C(C)(C)C)n1. The summed E-state index contributed by atoms with van der Waals surface area (Å²) in [5, 5.41) is 9.74. The van der Waals surface area contributed by atoms with E-state index in [0.717, 1.165) is 18.0 Å². The van der Waals surface area contributed by atoms with Crippen molar-refractivity contribution in [2.24, 2.45) is 0 Å². The van der Waals surface area contributed by atoms with Crippen molar-refractivity contribution in [2.45, 2.75) is 45.6 Å². The highest BCUT2D eigenvalue weighted by Crippen LogP contribution is 2.17. The highest BCUT2D eigenvalue weighted by atomic mass is 32.2.